The highest BCUT2D eigenvalue weighted by molar-refractivity contribution is 7.11. The monoisotopic (exact) mass is 718 g/mol. The number of nitrogens with zero attached hydrogens (tertiary/aromatic N) is 3. The summed E-state index contributed by atoms with van der Waals surface area (Å²) in [6, 6.07) is 14.2. The van der Waals surface area contributed by atoms with Crippen LogP contribution in [-0.2, 0) is 30.3 Å². The van der Waals surface area contributed by atoms with Crippen LogP contribution in [0, 0.1) is 12.8 Å². The van der Waals surface area contributed by atoms with E-state index in [1.54, 1.807) is 35.5 Å². The van der Waals surface area contributed by atoms with Gasteiger partial charge in [-0.3, -0.25) is 24.0 Å². The number of likely N-dealkylation sites (tertiary alicyclic amines) is 1. The number of hydrogen-bond donors (Lipinski definition) is 3. The molecule has 4 atom stereocenters. The number of benzene rings is 2. The second kappa shape index (κ2) is 17.4. The molecule has 2 bridgehead atoms. The molecule has 1 fully saturated rings. The molecular weight excluding hydrogens is 673 g/mol. The van der Waals surface area contributed by atoms with Gasteiger partial charge in [0.1, 0.15) is 22.7 Å². The first-order chi connectivity index (χ1) is 24.5. The SMILES string of the molecule is COCCN1CC(=O)N[C@@H](Cc2ccccc2)C(=O)N[C@@H]2CN(C(=O)c3scnc3C)C[C@H]2c2cccc(c2)OCC(=O)N[C@H](CC(C)C)C1=O. The minimum absolute atomic E-state index is 0.0533. The quantitative estimate of drug-likeness (QED) is 0.320. The van der Waals surface area contributed by atoms with Gasteiger partial charge in [0, 0.05) is 39.1 Å². The highest BCUT2D eigenvalue weighted by atomic mass is 32.1. The molecule has 5 amide bonds. The topological polar surface area (TPSA) is 159 Å². The fraction of sp³-hybridized carbons (Fsp3) is 0.459. The van der Waals surface area contributed by atoms with E-state index in [0.29, 0.717) is 29.3 Å². The van der Waals surface area contributed by atoms with Gasteiger partial charge >= 0.3 is 0 Å². The molecule has 2 aliphatic rings. The number of ether oxygens (including phenoxy) is 2. The zero-order valence-electron chi connectivity index (χ0n) is 29.4. The van der Waals surface area contributed by atoms with E-state index in [-0.39, 0.29) is 57.0 Å². The molecule has 3 heterocycles. The Morgan fingerprint density at radius 3 is 2.47 bits per heavy atom. The van der Waals surface area contributed by atoms with Crippen LogP contribution in [-0.4, -0.2) is 109 Å². The number of nitrogens with one attached hydrogen (secondary N) is 3. The molecule has 5 rings (SSSR count). The van der Waals surface area contributed by atoms with Gasteiger partial charge in [0.25, 0.3) is 11.8 Å². The Balaban J connectivity index is 1.51. The third-order valence-electron chi connectivity index (χ3n) is 9.02. The number of hydrogen-bond acceptors (Lipinski definition) is 9. The predicted octanol–water partition coefficient (Wildman–Crippen LogP) is 2.30. The van der Waals surface area contributed by atoms with Crippen molar-refractivity contribution in [2.75, 3.05) is 46.5 Å². The maximum atomic E-state index is 14.2. The molecule has 1 aromatic heterocycles. The van der Waals surface area contributed by atoms with Crippen molar-refractivity contribution in [3.05, 3.63) is 81.8 Å². The summed E-state index contributed by atoms with van der Waals surface area (Å²) in [4.78, 5) is 76.4. The zero-order chi connectivity index (χ0) is 36.5. The molecule has 1 saturated heterocycles. The third-order valence-corrected chi connectivity index (χ3v) is 9.93. The van der Waals surface area contributed by atoms with Gasteiger partial charge < -0.3 is 35.2 Å². The summed E-state index contributed by atoms with van der Waals surface area (Å²) in [6.07, 6.45) is 0.531. The maximum Gasteiger partial charge on any atom is 0.265 e. The molecule has 0 spiro atoms. The molecule has 0 saturated carbocycles. The first-order valence-corrected chi connectivity index (χ1v) is 18.0. The van der Waals surface area contributed by atoms with Crippen LogP contribution < -0.4 is 20.7 Å². The smallest absolute Gasteiger partial charge is 0.265 e. The number of aromatic nitrogens is 1. The minimum atomic E-state index is -0.992. The second-order valence-electron chi connectivity index (χ2n) is 13.4. The number of rotatable bonds is 8. The molecule has 3 aromatic rings. The molecule has 13 nitrogen and oxygen atoms in total. The number of fused-ring (bicyclic) bond motifs is 4. The average Bonchev–Trinajstić information content (AvgIpc) is 3.74. The number of methoxy groups -OCH3 is 1. The van der Waals surface area contributed by atoms with Crippen molar-refractivity contribution >= 4 is 40.9 Å². The van der Waals surface area contributed by atoms with Crippen LogP contribution in [0.1, 0.15) is 52.7 Å². The molecule has 14 heteroatoms. The Morgan fingerprint density at radius 2 is 1.76 bits per heavy atom. The number of carbonyl (C=O) groups is 5. The Labute approximate surface area is 302 Å². The maximum absolute atomic E-state index is 14.2. The molecule has 3 N–H and O–H groups in total. The van der Waals surface area contributed by atoms with Crippen molar-refractivity contribution in [2.45, 2.75) is 57.7 Å². The van der Waals surface area contributed by atoms with Crippen molar-refractivity contribution in [3.63, 3.8) is 0 Å². The van der Waals surface area contributed by atoms with Gasteiger partial charge in [-0.15, -0.1) is 11.3 Å². The first kappa shape index (κ1) is 37.4. The van der Waals surface area contributed by atoms with E-state index in [1.807, 2.05) is 50.2 Å². The largest absolute Gasteiger partial charge is 0.484 e. The van der Waals surface area contributed by atoms with Gasteiger partial charge in [0.15, 0.2) is 6.61 Å². The van der Waals surface area contributed by atoms with Crippen LogP contribution in [0.2, 0.25) is 0 Å². The fourth-order valence-corrected chi connectivity index (χ4v) is 7.23. The zero-order valence-corrected chi connectivity index (χ0v) is 30.2. The molecule has 0 unspecified atom stereocenters. The number of aryl methyl sites for hydroxylation is 1. The summed E-state index contributed by atoms with van der Waals surface area (Å²) >= 11 is 1.27. The van der Waals surface area contributed by atoms with Crippen LogP contribution in [0.4, 0.5) is 0 Å². The van der Waals surface area contributed by atoms with Crippen molar-refractivity contribution in [3.8, 4) is 5.75 Å². The summed E-state index contributed by atoms with van der Waals surface area (Å²) in [5, 5.41) is 8.85. The van der Waals surface area contributed by atoms with Crippen molar-refractivity contribution < 1.29 is 33.4 Å². The van der Waals surface area contributed by atoms with Gasteiger partial charge in [-0.1, -0.05) is 56.3 Å². The van der Waals surface area contributed by atoms with Crippen molar-refractivity contribution in [1.29, 1.82) is 0 Å². The highest BCUT2D eigenvalue weighted by Crippen LogP contribution is 2.32. The van der Waals surface area contributed by atoms with Gasteiger partial charge in [-0.05, 0) is 42.5 Å². The van der Waals surface area contributed by atoms with Crippen molar-refractivity contribution in [1.82, 2.24) is 30.7 Å². The van der Waals surface area contributed by atoms with Crippen LogP contribution in [0.3, 0.4) is 0 Å². The van der Waals surface area contributed by atoms with Gasteiger partial charge in [-0.25, -0.2) is 4.98 Å². The van der Waals surface area contributed by atoms with Crippen LogP contribution in [0.25, 0.3) is 0 Å². The summed E-state index contributed by atoms with van der Waals surface area (Å²) in [5.74, 6) is -1.90. The lowest BCUT2D eigenvalue weighted by molar-refractivity contribution is -0.141. The van der Waals surface area contributed by atoms with E-state index >= 15 is 0 Å². The highest BCUT2D eigenvalue weighted by Gasteiger charge is 2.40. The molecule has 0 radical (unpaired) electrons. The van der Waals surface area contributed by atoms with E-state index in [1.165, 1.54) is 23.3 Å². The van der Waals surface area contributed by atoms with Gasteiger partial charge in [0.05, 0.1) is 30.4 Å². The summed E-state index contributed by atoms with van der Waals surface area (Å²) in [5.41, 5.74) is 3.91. The third kappa shape index (κ3) is 9.91. The molecule has 0 aliphatic carbocycles. The summed E-state index contributed by atoms with van der Waals surface area (Å²) in [6.45, 7) is 5.77. The number of carbonyl (C=O) groups excluding carboxylic acids is 5. The molecule has 51 heavy (non-hydrogen) atoms. The molecule has 2 aromatic carbocycles. The van der Waals surface area contributed by atoms with E-state index in [4.69, 9.17) is 9.47 Å². The van der Waals surface area contributed by atoms with Gasteiger partial charge in [-0.2, -0.15) is 0 Å². The standard InChI is InChI=1S/C37H46N6O7S/c1-23(2)15-30-36(47)42(13-14-49-4)20-32(44)39-29(16-25-9-6-5-7-10-25)35(46)41-31-19-43(37(48)34-24(3)38-22-51-34)18-28(31)26-11-8-12-27(17-26)50-21-33(45)40-30/h5-12,17,22-23,28-31H,13-16,18-21H2,1-4H3,(H,39,44)(H,40,45)(H,41,46)/t28-,29-,30+,31+/m0/s1. The molecule has 272 valence electrons. The van der Waals surface area contributed by atoms with Crippen LogP contribution in [0.5, 0.6) is 5.75 Å². The second-order valence-corrected chi connectivity index (χ2v) is 14.2. The van der Waals surface area contributed by atoms with Gasteiger partial charge in [0.2, 0.25) is 17.7 Å². The van der Waals surface area contributed by atoms with E-state index in [2.05, 4.69) is 20.9 Å². The summed E-state index contributed by atoms with van der Waals surface area (Å²) < 4.78 is 11.1. The number of thiazole rings is 1. The lowest BCUT2D eigenvalue weighted by atomic mass is 9.93. The lowest BCUT2D eigenvalue weighted by Gasteiger charge is -2.29. The predicted molar refractivity (Wildman–Crippen MR) is 191 cm³/mol. The molecular formula is C37H46N6O7S. The van der Waals surface area contributed by atoms with E-state index in [9.17, 15) is 24.0 Å². The number of amides is 5. The minimum Gasteiger partial charge on any atom is -0.484 e. The lowest BCUT2D eigenvalue weighted by Crippen LogP contribution is -2.56. The van der Waals surface area contributed by atoms with Crippen LogP contribution >= 0.6 is 11.3 Å². The summed E-state index contributed by atoms with van der Waals surface area (Å²) in [7, 11) is 1.50. The van der Waals surface area contributed by atoms with Crippen LogP contribution in [0.15, 0.2) is 60.1 Å². The Morgan fingerprint density at radius 1 is 1.00 bits per heavy atom. The Hall–Kier alpha value is -4.82. The van der Waals surface area contributed by atoms with Crippen molar-refractivity contribution in [2.24, 2.45) is 5.92 Å². The average molecular weight is 719 g/mol. The van der Waals surface area contributed by atoms with E-state index < -0.39 is 41.8 Å². The fourth-order valence-electron chi connectivity index (χ4n) is 6.46. The van der Waals surface area contributed by atoms with E-state index in [0.717, 1.165) is 11.1 Å². The first-order valence-electron chi connectivity index (χ1n) is 17.1. The molecule has 2 aliphatic heterocycles. The Bertz CT molecular complexity index is 1700. The normalized spacial score (nSPS) is 22.0. The Kier molecular flexibility index (Phi) is 12.8.